The van der Waals surface area contributed by atoms with E-state index in [0.717, 1.165) is 9.87 Å². The van der Waals surface area contributed by atoms with E-state index in [1.54, 1.807) is 56.3 Å². The maximum atomic E-state index is 13.8. The molecule has 0 aliphatic carbocycles. The van der Waals surface area contributed by atoms with Crippen molar-refractivity contribution in [2.45, 2.75) is 31.3 Å². The number of sulfonamides is 1. The molecule has 0 aliphatic rings. The first-order chi connectivity index (χ1) is 17.3. The summed E-state index contributed by atoms with van der Waals surface area (Å²) in [4.78, 5) is 27.7. The molecule has 0 spiro atoms. The largest absolute Gasteiger partial charge is 0.492 e. The van der Waals surface area contributed by atoms with Gasteiger partial charge in [-0.1, -0.05) is 60.7 Å². The van der Waals surface area contributed by atoms with Crippen molar-refractivity contribution in [1.82, 2.24) is 10.2 Å². The Bertz CT molecular complexity index is 1270. The number of nitrogens with zero attached hydrogens (tertiary/aromatic N) is 2. The molecule has 0 unspecified atom stereocenters. The second-order valence-corrected chi connectivity index (χ2v) is 9.89. The third-order valence-electron chi connectivity index (χ3n) is 5.65. The van der Waals surface area contributed by atoms with Crippen molar-refractivity contribution >= 4 is 27.5 Å². The fourth-order valence-electron chi connectivity index (χ4n) is 3.75. The Hall–Kier alpha value is -3.85. The number of para-hydroxylation sites is 2. The average molecular weight is 510 g/mol. The van der Waals surface area contributed by atoms with Crippen LogP contribution in [0.1, 0.15) is 19.4 Å². The van der Waals surface area contributed by atoms with Crippen LogP contribution in [-0.4, -0.2) is 51.4 Å². The Morgan fingerprint density at radius 1 is 0.917 bits per heavy atom. The highest BCUT2D eigenvalue weighted by Crippen LogP contribution is 2.32. The fraction of sp³-hybridized carbons (Fsp3) is 0.259. The van der Waals surface area contributed by atoms with Crippen LogP contribution >= 0.6 is 0 Å². The SMILES string of the molecule is CCOc1ccccc1N(CC(=O)N(Cc1ccccc1)[C@@H](C)C(=O)NC)S(=O)(=O)c1ccccc1. The van der Waals surface area contributed by atoms with Gasteiger partial charge in [-0.2, -0.15) is 0 Å². The molecule has 0 radical (unpaired) electrons. The summed E-state index contributed by atoms with van der Waals surface area (Å²) in [6, 6.07) is 23.0. The molecule has 2 amide bonds. The van der Waals surface area contributed by atoms with E-state index in [0.29, 0.717) is 12.4 Å². The molecule has 0 aliphatic heterocycles. The van der Waals surface area contributed by atoms with Gasteiger partial charge in [-0.05, 0) is 43.7 Å². The first kappa shape index (κ1) is 26.7. The van der Waals surface area contributed by atoms with Crippen LogP contribution in [0.25, 0.3) is 0 Å². The predicted octanol–water partition coefficient (Wildman–Crippen LogP) is 3.44. The molecule has 1 N–H and O–H groups in total. The third-order valence-corrected chi connectivity index (χ3v) is 7.43. The number of carbonyl (C=O) groups excluding carboxylic acids is 2. The van der Waals surface area contributed by atoms with Crippen LogP contribution in [-0.2, 0) is 26.2 Å². The number of anilines is 1. The van der Waals surface area contributed by atoms with Gasteiger partial charge in [-0.15, -0.1) is 0 Å². The maximum Gasteiger partial charge on any atom is 0.264 e. The van der Waals surface area contributed by atoms with Gasteiger partial charge in [0.05, 0.1) is 17.2 Å². The lowest BCUT2D eigenvalue weighted by molar-refractivity contribution is -0.139. The summed E-state index contributed by atoms with van der Waals surface area (Å²) in [6.45, 7) is 3.35. The highest BCUT2D eigenvalue weighted by atomic mass is 32.2. The number of amides is 2. The standard InChI is InChI=1S/C27H31N3O5S/c1-4-35-25-18-12-11-17-24(25)30(36(33,34)23-15-9-6-10-16-23)20-26(31)29(21(2)27(32)28-3)19-22-13-7-5-8-14-22/h5-18,21H,4,19-20H2,1-3H3,(H,28,32)/t21-/m0/s1. The summed E-state index contributed by atoms with van der Waals surface area (Å²) in [5.41, 5.74) is 1.05. The highest BCUT2D eigenvalue weighted by molar-refractivity contribution is 7.92. The summed E-state index contributed by atoms with van der Waals surface area (Å²) in [7, 11) is -2.65. The molecule has 8 nitrogen and oxygen atoms in total. The van der Waals surface area contributed by atoms with E-state index < -0.39 is 28.5 Å². The zero-order valence-corrected chi connectivity index (χ0v) is 21.4. The molecule has 1 atom stereocenters. The smallest absolute Gasteiger partial charge is 0.264 e. The molecule has 0 bridgehead atoms. The zero-order valence-electron chi connectivity index (χ0n) is 20.6. The van der Waals surface area contributed by atoms with Crippen LogP contribution in [0.4, 0.5) is 5.69 Å². The Kier molecular flexibility index (Phi) is 9.08. The minimum Gasteiger partial charge on any atom is -0.492 e. The Morgan fingerprint density at radius 2 is 1.50 bits per heavy atom. The first-order valence-electron chi connectivity index (χ1n) is 11.6. The molecule has 0 heterocycles. The molecule has 3 aromatic rings. The van der Waals surface area contributed by atoms with Gasteiger partial charge in [0.15, 0.2) is 0 Å². The fourth-order valence-corrected chi connectivity index (χ4v) is 5.19. The second-order valence-electron chi connectivity index (χ2n) is 8.02. The molecule has 9 heteroatoms. The number of carbonyl (C=O) groups is 2. The first-order valence-corrected chi connectivity index (χ1v) is 13.1. The number of rotatable bonds is 11. The molecule has 190 valence electrons. The third kappa shape index (κ3) is 6.23. The molecule has 3 rings (SSSR count). The van der Waals surface area contributed by atoms with E-state index in [-0.39, 0.29) is 23.0 Å². The van der Waals surface area contributed by atoms with Crippen molar-refractivity contribution in [1.29, 1.82) is 0 Å². The average Bonchev–Trinajstić information content (AvgIpc) is 2.91. The molecule has 0 aromatic heterocycles. The summed E-state index contributed by atoms with van der Waals surface area (Å²) in [5, 5.41) is 2.57. The van der Waals surface area contributed by atoms with Crippen LogP contribution in [0.5, 0.6) is 5.75 Å². The molecule has 0 saturated carbocycles. The number of ether oxygens (including phenoxy) is 1. The summed E-state index contributed by atoms with van der Waals surface area (Å²) < 4.78 is 34.3. The van der Waals surface area contributed by atoms with Crippen LogP contribution in [0.3, 0.4) is 0 Å². The predicted molar refractivity (Wildman–Crippen MR) is 139 cm³/mol. The van der Waals surface area contributed by atoms with E-state index in [1.807, 2.05) is 30.3 Å². The number of hydrogen-bond donors (Lipinski definition) is 1. The number of likely N-dealkylation sites (N-methyl/N-ethyl adjacent to an activating group) is 1. The Morgan fingerprint density at radius 3 is 2.11 bits per heavy atom. The van der Waals surface area contributed by atoms with E-state index in [9.17, 15) is 18.0 Å². The van der Waals surface area contributed by atoms with Gasteiger partial charge in [0.1, 0.15) is 18.3 Å². The van der Waals surface area contributed by atoms with E-state index in [4.69, 9.17) is 4.74 Å². The van der Waals surface area contributed by atoms with Crippen molar-refractivity contribution in [3.63, 3.8) is 0 Å². The normalized spacial score (nSPS) is 11.9. The van der Waals surface area contributed by atoms with Crippen molar-refractivity contribution < 1.29 is 22.7 Å². The minimum absolute atomic E-state index is 0.0399. The van der Waals surface area contributed by atoms with E-state index in [2.05, 4.69) is 5.32 Å². The van der Waals surface area contributed by atoms with Crippen molar-refractivity contribution in [3.05, 3.63) is 90.5 Å². The highest BCUT2D eigenvalue weighted by Gasteiger charge is 2.33. The van der Waals surface area contributed by atoms with Crippen LogP contribution in [0, 0.1) is 0 Å². The van der Waals surface area contributed by atoms with Gasteiger partial charge in [0, 0.05) is 13.6 Å². The summed E-state index contributed by atoms with van der Waals surface area (Å²) in [6.07, 6.45) is 0. The van der Waals surface area contributed by atoms with Crippen LogP contribution in [0.15, 0.2) is 89.8 Å². The van der Waals surface area contributed by atoms with Crippen molar-refractivity contribution in [3.8, 4) is 5.75 Å². The molecule has 0 fully saturated rings. The lowest BCUT2D eigenvalue weighted by atomic mass is 10.1. The van der Waals surface area contributed by atoms with Crippen molar-refractivity contribution in [2.75, 3.05) is 24.5 Å². The topological polar surface area (TPSA) is 96.0 Å². The lowest BCUT2D eigenvalue weighted by Gasteiger charge is -2.32. The van der Waals surface area contributed by atoms with E-state index >= 15 is 0 Å². The quantitative estimate of drug-likeness (QED) is 0.427. The number of nitrogens with one attached hydrogen (secondary N) is 1. The van der Waals surface area contributed by atoms with Gasteiger partial charge < -0.3 is 15.0 Å². The van der Waals surface area contributed by atoms with E-state index in [1.165, 1.54) is 24.1 Å². The molecule has 3 aromatic carbocycles. The monoisotopic (exact) mass is 509 g/mol. The number of benzene rings is 3. The molecule has 0 saturated heterocycles. The van der Waals surface area contributed by atoms with Gasteiger partial charge >= 0.3 is 0 Å². The zero-order chi connectivity index (χ0) is 26.1. The molecule has 36 heavy (non-hydrogen) atoms. The van der Waals surface area contributed by atoms with Crippen molar-refractivity contribution in [2.24, 2.45) is 0 Å². The summed E-state index contributed by atoms with van der Waals surface area (Å²) in [5.74, 6) is -0.548. The maximum absolute atomic E-state index is 13.8. The Balaban J connectivity index is 2.06. The van der Waals surface area contributed by atoms with Gasteiger partial charge in [0.25, 0.3) is 10.0 Å². The van der Waals surface area contributed by atoms with Gasteiger partial charge in [0.2, 0.25) is 11.8 Å². The number of hydrogen-bond acceptors (Lipinski definition) is 5. The Labute approximate surface area is 212 Å². The van der Waals surface area contributed by atoms with Gasteiger partial charge in [-0.3, -0.25) is 13.9 Å². The molecular formula is C27H31N3O5S. The molecular weight excluding hydrogens is 478 g/mol. The van der Waals surface area contributed by atoms with Crippen LogP contribution in [0.2, 0.25) is 0 Å². The lowest BCUT2D eigenvalue weighted by Crippen LogP contribution is -2.50. The summed E-state index contributed by atoms with van der Waals surface area (Å²) >= 11 is 0. The second kappa shape index (κ2) is 12.2. The van der Waals surface area contributed by atoms with Crippen LogP contribution < -0.4 is 14.4 Å². The van der Waals surface area contributed by atoms with Gasteiger partial charge in [-0.25, -0.2) is 8.42 Å². The minimum atomic E-state index is -4.14.